The van der Waals surface area contributed by atoms with Crippen LogP contribution >= 0.6 is 46.3 Å². The molecule has 1 amide bonds. The third kappa shape index (κ3) is 5.57. The normalized spacial score (nSPS) is 12.3. The number of thioether (sulfide) groups is 1. The van der Waals surface area contributed by atoms with E-state index in [9.17, 15) is 15.3 Å². The molecule has 1 aliphatic rings. The van der Waals surface area contributed by atoms with E-state index in [1.54, 1.807) is 24.3 Å². The Balaban J connectivity index is 1.46. The number of halogens is 2. The molecule has 1 aliphatic carbocycles. The van der Waals surface area contributed by atoms with E-state index in [1.807, 2.05) is 30.3 Å². The maximum absolute atomic E-state index is 13.0. The minimum Gasteiger partial charge on any atom is -0.316 e. The molecule has 0 atom stereocenters. The maximum atomic E-state index is 13.0. The molecule has 2 aromatic heterocycles. The lowest BCUT2D eigenvalue weighted by atomic mass is 9.96. The van der Waals surface area contributed by atoms with Gasteiger partial charge in [0.05, 0.1) is 22.6 Å². The van der Waals surface area contributed by atoms with E-state index < -0.39 is 0 Å². The van der Waals surface area contributed by atoms with Gasteiger partial charge in [0.15, 0.2) is 0 Å². The molecule has 38 heavy (non-hydrogen) atoms. The number of rotatable bonds is 6. The number of carbonyl (C=O) groups is 1. The van der Waals surface area contributed by atoms with E-state index in [2.05, 4.69) is 17.5 Å². The van der Waals surface area contributed by atoms with Crippen molar-refractivity contribution in [2.75, 3.05) is 11.1 Å². The molecule has 0 aliphatic heterocycles. The van der Waals surface area contributed by atoms with Gasteiger partial charge in [-0.3, -0.25) is 4.79 Å². The SMILES string of the molecule is N#Cc1c(-c2ccc(Cl)cc2)cc(-c2ccc(Cl)cc2)nc1SCC(=O)Nc1sc2c(c1C#N)CCCC2. The number of nitrogens with zero attached hydrogens (tertiary/aromatic N) is 3. The van der Waals surface area contributed by atoms with Gasteiger partial charge in [-0.1, -0.05) is 59.2 Å². The van der Waals surface area contributed by atoms with Crippen molar-refractivity contribution < 1.29 is 4.79 Å². The van der Waals surface area contributed by atoms with E-state index in [0.29, 0.717) is 42.5 Å². The van der Waals surface area contributed by atoms with Crippen molar-refractivity contribution in [1.82, 2.24) is 4.98 Å². The molecule has 0 saturated carbocycles. The van der Waals surface area contributed by atoms with Crippen LogP contribution in [0.5, 0.6) is 0 Å². The molecule has 9 heteroatoms. The van der Waals surface area contributed by atoms with Gasteiger partial charge in [-0.2, -0.15) is 10.5 Å². The molecule has 5 rings (SSSR count). The Bertz CT molecular complexity index is 1600. The number of hydrogen-bond acceptors (Lipinski definition) is 6. The fraction of sp³-hybridized carbons (Fsp3) is 0.172. The predicted molar refractivity (Wildman–Crippen MR) is 155 cm³/mol. The molecule has 0 unspecified atom stereocenters. The second kappa shape index (κ2) is 11.6. The van der Waals surface area contributed by atoms with Gasteiger partial charge in [0.2, 0.25) is 5.91 Å². The van der Waals surface area contributed by atoms with Crippen LogP contribution in [0.3, 0.4) is 0 Å². The number of thiophene rings is 1. The number of nitriles is 2. The Morgan fingerprint density at radius 3 is 2.24 bits per heavy atom. The highest BCUT2D eigenvalue weighted by molar-refractivity contribution is 8.00. The van der Waals surface area contributed by atoms with E-state index >= 15 is 0 Å². The van der Waals surface area contributed by atoms with Crippen molar-refractivity contribution in [2.24, 2.45) is 0 Å². The zero-order valence-corrected chi connectivity index (χ0v) is 23.2. The molecular weight excluding hydrogens is 555 g/mol. The van der Waals surface area contributed by atoms with Crippen LogP contribution in [-0.4, -0.2) is 16.6 Å². The van der Waals surface area contributed by atoms with Crippen LogP contribution in [0.1, 0.15) is 34.4 Å². The second-order valence-corrected chi connectivity index (χ2v) is 11.7. The van der Waals surface area contributed by atoms with Gasteiger partial charge in [-0.25, -0.2) is 4.98 Å². The van der Waals surface area contributed by atoms with Gasteiger partial charge in [0, 0.05) is 26.0 Å². The molecule has 1 N–H and O–H groups in total. The largest absolute Gasteiger partial charge is 0.316 e. The Kier molecular flexibility index (Phi) is 8.02. The number of pyridine rings is 1. The molecule has 0 radical (unpaired) electrons. The van der Waals surface area contributed by atoms with Gasteiger partial charge in [0.25, 0.3) is 0 Å². The van der Waals surface area contributed by atoms with Crippen molar-refractivity contribution in [3.05, 3.63) is 86.2 Å². The average Bonchev–Trinajstić information content (AvgIpc) is 3.29. The van der Waals surface area contributed by atoms with Crippen molar-refractivity contribution >= 4 is 57.2 Å². The third-order valence-corrected chi connectivity index (χ3v) is 8.96. The number of amides is 1. The number of fused-ring (bicyclic) bond motifs is 1. The minimum absolute atomic E-state index is 0.0409. The fourth-order valence-electron chi connectivity index (χ4n) is 4.43. The van der Waals surface area contributed by atoms with Gasteiger partial charge >= 0.3 is 0 Å². The van der Waals surface area contributed by atoms with Crippen molar-refractivity contribution in [2.45, 2.75) is 30.7 Å². The van der Waals surface area contributed by atoms with Crippen LogP contribution in [-0.2, 0) is 17.6 Å². The number of anilines is 1. The molecule has 4 aromatic rings. The average molecular weight is 576 g/mol. The van der Waals surface area contributed by atoms with Gasteiger partial charge in [-0.15, -0.1) is 11.3 Å². The van der Waals surface area contributed by atoms with Crippen LogP contribution in [0.4, 0.5) is 5.00 Å². The molecule has 0 bridgehead atoms. The van der Waals surface area contributed by atoms with Crippen molar-refractivity contribution in [3.8, 4) is 34.5 Å². The summed E-state index contributed by atoms with van der Waals surface area (Å²) in [6, 6.07) is 21.0. The summed E-state index contributed by atoms with van der Waals surface area (Å²) in [5.41, 5.74) is 5.04. The molecule has 188 valence electrons. The molecule has 2 heterocycles. The highest BCUT2D eigenvalue weighted by Crippen LogP contribution is 2.38. The van der Waals surface area contributed by atoms with Crippen LogP contribution < -0.4 is 5.32 Å². The quantitative estimate of drug-likeness (QED) is 0.235. The summed E-state index contributed by atoms with van der Waals surface area (Å²) in [7, 11) is 0. The summed E-state index contributed by atoms with van der Waals surface area (Å²) in [5, 5.41) is 25.0. The Morgan fingerprint density at radius 1 is 0.947 bits per heavy atom. The Hall–Kier alpha value is -3.33. The van der Waals surface area contributed by atoms with Gasteiger partial charge in [0.1, 0.15) is 22.2 Å². The zero-order chi connectivity index (χ0) is 26.6. The zero-order valence-electron chi connectivity index (χ0n) is 20.1. The summed E-state index contributed by atoms with van der Waals surface area (Å²) in [5.74, 6) is -0.208. The second-order valence-electron chi connectivity index (χ2n) is 8.72. The van der Waals surface area contributed by atoms with Gasteiger partial charge in [-0.05, 0) is 67.1 Å². The lowest BCUT2D eigenvalue weighted by Gasteiger charge is -2.13. The van der Waals surface area contributed by atoms with Crippen LogP contribution in [0.15, 0.2) is 59.6 Å². The van der Waals surface area contributed by atoms with E-state index in [-0.39, 0.29) is 11.7 Å². The van der Waals surface area contributed by atoms with Crippen LogP contribution in [0.2, 0.25) is 10.0 Å². The van der Waals surface area contributed by atoms with Crippen LogP contribution in [0.25, 0.3) is 22.4 Å². The summed E-state index contributed by atoms with van der Waals surface area (Å²) < 4.78 is 0. The number of carbonyl (C=O) groups excluding carboxylic acids is 1. The fourth-order valence-corrected chi connectivity index (χ4v) is 6.74. The first-order chi connectivity index (χ1) is 18.5. The molecule has 0 saturated heterocycles. The Morgan fingerprint density at radius 2 is 1.58 bits per heavy atom. The number of benzene rings is 2. The van der Waals surface area contributed by atoms with Crippen molar-refractivity contribution in [3.63, 3.8) is 0 Å². The molecule has 0 spiro atoms. The minimum atomic E-state index is -0.249. The highest BCUT2D eigenvalue weighted by atomic mass is 35.5. The first-order valence-corrected chi connectivity index (χ1v) is 14.5. The third-order valence-electron chi connectivity index (χ3n) is 6.27. The molecule has 2 aromatic carbocycles. The topological polar surface area (TPSA) is 89.6 Å². The Labute approximate surface area is 239 Å². The highest BCUT2D eigenvalue weighted by Gasteiger charge is 2.22. The predicted octanol–water partition coefficient (Wildman–Crippen LogP) is 8.14. The smallest absolute Gasteiger partial charge is 0.235 e. The number of hydrogen-bond donors (Lipinski definition) is 1. The maximum Gasteiger partial charge on any atom is 0.235 e. The van der Waals surface area contributed by atoms with E-state index in [4.69, 9.17) is 28.2 Å². The summed E-state index contributed by atoms with van der Waals surface area (Å²) >= 11 is 14.9. The molecular formula is C29H20Cl2N4OS2. The molecule has 5 nitrogen and oxygen atoms in total. The van der Waals surface area contributed by atoms with Crippen LogP contribution in [0, 0.1) is 22.7 Å². The number of nitrogens with one attached hydrogen (secondary N) is 1. The van der Waals surface area contributed by atoms with E-state index in [0.717, 1.165) is 42.4 Å². The van der Waals surface area contributed by atoms with Crippen molar-refractivity contribution in [1.29, 1.82) is 10.5 Å². The first-order valence-electron chi connectivity index (χ1n) is 11.9. The summed E-state index contributed by atoms with van der Waals surface area (Å²) in [6.07, 6.45) is 3.98. The number of aromatic nitrogens is 1. The lowest BCUT2D eigenvalue weighted by Crippen LogP contribution is -2.14. The van der Waals surface area contributed by atoms with Gasteiger partial charge < -0.3 is 5.32 Å². The van der Waals surface area contributed by atoms with E-state index in [1.165, 1.54) is 28.0 Å². The standard InChI is InChI=1S/C29H20Cl2N4OS2/c30-19-9-5-17(6-10-19)22-13-25(18-7-11-20(31)12-8-18)34-28(24(22)15-33)37-16-27(36)35-29-23(14-32)21-3-1-2-4-26(21)38-29/h5-13H,1-4,16H2,(H,35,36). The summed E-state index contributed by atoms with van der Waals surface area (Å²) in [6.45, 7) is 0. The first kappa shape index (κ1) is 26.3. The monoisotopic (exact) mass is 574 g/mol. The number of aryl methyl sites for hydroxylation is 1. The molecule has 0 fully saturated rings. The summed E-state index contributed by atoms with van der Waals surface area (Å²) in [4.78, 5) is 18.9. The lowest BCUT2D eigenvalue weighted by molar-refractivity contribution is -0.113.